The van der Waals surface area contributed by atoms with E-state index in [9.17, 15) is 9.59 Å². The van der Waals surface area contributed by atoms with Crippen LogP contribution in [-0.2, 0) is 22.5 Å². The molecule has 1 aliphatic heterocycles. The predicted molar refractivity (Wildman–Crippen MR) is 137 cm³/mol. The fourth-order valence-electron chi connectivity index (χ4n) is 5.35. The van der Waals surface area contributed by atoms with Gasteiger partial charge in [0.05, 0.1) is 12.2 Å². The molecule has 1 aromatic carbocycles. The van der Waals surface area contributed by atoms with Crippen molar-refractivity contribution < 1.29 is 14.3 Å². The average Bonchev–Trinajstić information content (AvgIpc) is 3.26. The van der Waals surface area contributed by atoms with E-state index in [2.05, 4.69) is 36.5 Å². The minimum atomic E-state index is -1.00. The minimum Gasteiger partial charge on any atom is -0.385 e. The van der Waals surface area contributed by atoms with E-state index in [1.165, 1.54) is 24.8 Å². The zero-order chi connectivity index (χ0) is 24.8. The summed E-state index contributed by atoms with van der Waals surface area (Å²) in [4.78, 5) is 29.2. The maximum atomic E-state index is 13.8. The minimum absolute atomic E-state index is 0.0798. The molecule has 35 heavy (non-hydrogen) atoms. The Hall–Kier alpha value is -2.67. The number of aryl methyl sites for hydroxylation is 1. The highest BCUT2D eigenvalue weighted by Gasteiger charge is 2.48. The monoisotopic (exact) mass is 480 g/mol. The van der Waals surface area contributed by atoms with Gasteiger partial charge in [0.1, 0.15) is 11.2 Å². The summed E-state index contributed by atoms with van der Waals surface area (Å²) in [7, 11) is 1.66. The normalized spacial score (nSPS) is 21.3. The quantitative estimate of drug-likeness (QED) is 0.561. The van der Waals surface area contributed by atoms with Gasteiger partial charge in [-0.15, -0.1) is 0 Å². The summed E-state index contributed by atoms with van der Waals surface area (Å²) in [6, 6.07) is 10.3. The Labute approximate surface area is 209 Å². The average molecular weight is 481 g/mol. The van der Waals surface area contributed by atoms with Crippen molar-refractivity contribution in [1.82, 2.24) is 20.0 Å². The van der Waals surface area contributed by atoms with Crippen LogP contribution < -0.4 is 5.32 Å². The van der Waals surface area contributed by atoms with Crippen LogP contribution >= 0.6 is 0 Å². The molecule has 0 bridgehead atoms. The van der Waals surface area contributed by atoms with Crippen LogP contribution in [0, 0.1) is 0 Å². The summed E-state index contributed by atoms with van der Waals surface area (Å²) in [6.07, 6.45) is 9.68. The molecule has 190 valence electrons. The van der Waals surface area contributed by atoms with Crippen molar-refractivity contribution in [2.45, 2.75) is 89.8 Å². The molecule has 0 spiro atoms. The van der Waals surface area contributed by atoms with Crippen molar-refractivity contribution in [1.29, 1.82) is 0 Å². The molecule has 2 aliphatic rings. The Morgan fingerprint density at radius 1 is 1.14 bits per heavy atom. The Morgan fingerprint density at radius 3 is 2.49 bits per heavy atom. The van der Waals surface area contributed by atoms with Gasteiger partial charge in [-0.3, -0.25) is 14.3 Å². The van der Waals surface area contributed by atoms with E-state index in [0.717, 1.165) is 43.4 Å². The molecule has 1 atom stereocenters. The Kier molecular flexibility index (Phi) is 8.26. The van der Waals surface area contributed by atoms with E-state index in [-0.39, 0.29) is 17.9 Å². The molecule has 1 N–H and O–H groups in total. The standard InChI is InChI=1S/C28H40N4O3/c1-4-21-13-15-22(16-14-21)24-19-25-26(33)31(17-10-18-35-3)28(2,20-32(25)30-24)27(34)29-23-11-8-6-5-7-9-12-23/h13-16,19,23H,4-12,17-18,20H2,1-3H3,(H,29,34). The first-order chi connectivity index (χ1) is 17.0. The lowest BCUT2D eigenvalue weighted by Gasteiger charge is -2.44. The number of nitrogens with zero attached hydrogens (tertiary/aromatic N) is 3. The molecule has 1 aromatic heterocycles. The van der Waals surface area contributed by atoms with Crippen LogP contribution in [0.4, 0.5) is 0 Å². The van der Waals surface area contributed by atoms with Gasteiger partial charge in [0.15, 0.2) is 0 Å². The molecule has 7 nitrogen and oxygen atoms in total. The van der Waals surface area contributed by atoms with Crippen molar-refractivity contribution in [3.8, 4) is 11.3 Å². The summed E-state index contributed by atoms with van der Waals surface area (Å²) < 4.78 is 6.97. The molecule has 0 radical (unpaired) electrons. The van der Waals surface area contributed by atoms with Crippen LogP contribution in [-0.4, -0.2) is 58.3 Å². The van der Waals surface area contributed by atoms with E-state index in [1.54, 1.807) is 16.7 Å². The molecular formula is C28H40N4O3. The van der Waals surface area contributed by atoms with Crippen LogP contribution in [0.25, 0.3) is 11.3 Å². The number of fused-ring (bicyclic) bond motifs is 1. The van der Waals surface area contributed by atoms with Gasteiger partial charge >= 0.3 is 0 Å². The van der Waals surface area contributed by atoms with Gasteiger partial charge in [0.25, 0.3) is 5.91 Å². The Balaban J connectivity index is 1.61. The number of rotatable bonds is 8. The van der Waals surface area contributed by atoms with Crippen molar-refractivity contribution in [2.24, 2.45) is 0 Å². The van der Waals surface area contributed by atoms with Gasteiger partial charge in [-0.25, -0.2) is 0 Å². The molecule has 2 amide bonds. The number of ether oxygens (including phenoxy) is 1. The van der Waals surface area contributed by atoms with Crippen molar-refractivity contribution in [3.05, 3.63) is 41.6 Å². The number of carbonyl (C=O) groups is 2. The third-order valence-corrected chi connectivity index (χ3v) is 7.62. The van der Waals surface area contributed by atoms with Gasteiger partial charge in [-0.1, -0.05) is 63.3 Å². The Bertz CT molecular complexity index is 1010. The molecular weight excluding hydrogens is 440 g/mol. The lowest BCUT2D eigenvalue weighted by atomic mass is 9.92. The second-order valence-corrected chi connectivity index (χ2v) is 10.2. The third kappa shape index (κ3) is 5.61. The van der Waals surface area contributed by atoms with E-state index < -0.39 is 5.54 Å². The lowest BCUT2D eigenvalue weighted by Crippen LogP contribution is -2.65. The van der Waals surface area contributed by atoms with E-state index in [4.69, 9.17) is 9.84 Å². The van der Waals surface area contributed by atoms with Crippen molar-refractivity contribution in [3.63, 3.8) is 0 Å². The van der Waals surface area contributed by atoms with Crippen molar-refractivity contribution in [2.75, 3.05) is 20.3 Å². The molecule has 0 saturated heterocycles. The number of nitrogens with one attached hydrogen (secondary N) is 1. The lowest BCUT2D eigenvalue weighted by molar-refractivity contribution is -0.134. The predicted octanol–water partition coefficient (Wildman–Crippen LogP) is 4.59. The summed E-state index contributed by atoms with van der Waals surface area (Å²) in [5.41, 5.74) is 2.53. The van der Waals surface area contributed by atoms with Crippen LogP contribution in [0.5, 0.6) is 0 Å². The number of aromatic nitrogens is 2. The molecule has 4 rings (SSSR count). The first kappa shape index (κ1) is 25.4. The molecule has 1 aliphatic carbocycles. The Morgan fingerprint density at radius 2 is 1.83 bits per heavy atom. The summed E-state index contributed by atoms with van der Waals surface area (Å²) in [5.74, 6) is -0.226. The fourth-order valence-corrected chi connectivity index (χ4v) is 5.35. The van der Waals surface area contributed by atoms with Gasteiger partial charge in [0, 0.05) is 31.9 Å². The van der Waals surface area contributed by atoms with Crippen LogP contribution in [0.3, 0.4) is 0 Å². The maximum Gasteiger partial charge on any atom is 0.273 e. The molecule has 1 saturated carbocycles. The number of hydrogen-bond acceptors (Lipinski definition) is 4. The maximum absolute atomic E-state index is 13.8. The molecule has 1 unspecified atom stereocenters. The smallest absolute Gasteiger partial charge is 0.273 e. The summed E-state index contributed by atoms with van der Waals surface area (Å²) >= 11 is 0. The number of amides is 2. The van der Waals surface area contributed by atoms with Crippen LogP contribution in [0.1, 0.15) is 81.3 Å². The highest BCUT2D eigenvalue weighted by Crippen LogP contribution is 2.31. The van der Waals surface area contributed by atoms with Gasteiger partial charge < -0.3 is 15.0 Å². The zero-order valence-corrected chi connectivity index (χ0v) is 21.5. The molecule has 1 fully saturated rings. The number of carbonyl (C=O) groups excluding carboxylic acids is 2. The van der Waals surface area contributed by atoms with E-state index in [0.29, 0.717) is 31.8 Å². The highest BCUT2D eigenvalue weighted by atomic mass is 16.5. The second kappa shape index (κ2) is 11.4. The van der Waals surface area contributed by atoms with Gasteiger partial charge in [-0.2, -0.15) is 5.10 Å². The number of benzene rings is 1. The zero-order valence-electron chi connectivity index (χ0n) is 21.5. The van der Waals surface area contributed by atoms with E-state index >= 15 is 0 Å². The summed E-state index contributed by atoms with van der Waals surface area (Å²) in [5, 5.41) is 8.09. The largest absolute Gasteiger partial charge is 0.385 e. The van der Waals surface area contributed by atoms with Gasteiger partial charge in [0.2, 0.25) is 5.91 Å². The molecule has 7 heteroatoms. The number of hydrogen-bond donors (Lipinski definition) is 1. The highest BCUT2D eigenvalue weighted by molar-refractivity contribution is 6.00. The van der Waals surface area contributed by atoms with E-state index in [1.807, 2.05) is 13.0 Å². The van der Waals surface area contributed by atoms with Crippen LogP contribution in [0.2, 0.25) is 0 Å². The first-order valence-electron chi connectivity index (χ1n) is 13.3. The van der Waals surface area contributed by atoms with Crippen LogP contribution in [0.15, 0.2) is 30.3 Å². The topological polar surface area (TPSA) is 76.5 Å². The first-order valence-corrected chi connectivity index (χ1v) is 13.3. The van der Waals surface area contributed by atoms with Gasteiger partial charge in [-0.05, 0) is 44.2 Å². The molecule has 2 aromatic rings. The SMILES string of the molecule is CCc1ccc(-c2cc3n(n2)CC(C)(C(=O)NC2CCCCCCC2)N(CCCOC)C3=O)cc1. The second-order valence-electron chi connectivity index (χ2n) is 10.2. The summed E-state index contributed by atoms with van der Waals surface area (Å²) in [6.45, 7) is 5.36. The fraction of sp³-hybridized carbons (Fsp3) is 0.607. The van der Waals surface area contributed by atoms with Crippen molar-refractivity contribution >= 4 is 11.8 Å². The molecule has 2 heterocycles. The number of methoxy groups -OCH3 is 1. The third-order valence-electron chi connectivity index (χ3n) is 7.62.